The van der Waals surface area contributed by atoms with Crippen LogP contribution < -0.4 is 0 Å². The van der Waals surface area contributed by atoms with Crippen molar-refractivity contribution in [1.29, 1.82) is 0 Å². The van der Waals surface area contributed by atoms with Crippen LogP contribution in [0.15, 0.2) is 47.1 Å². The summed E-state index contributed by atoms with van der Waals surface area (Å²) in [6, 6.07) is 11.7. The summed E-state index contributed by atoms with van der Waals surface area (Å²) >= 11 is 3.49. The molecule has 0 fully saturated rings. The molecule has 122 valence electrons. The number of ether oxygens (including phenoxy) is 1. The average molecular weight is 386 g/mol. The summed E-state index contributed by atoms with van der Waals surface area (Å²) < 4.78 is 7.38. The summed E-state index contributed by atoms with van der Waals surface area (Å²) in [4.78, 5) is 11.9. The predicted octanol–water partition coefficient (Wildman–Crippen LogP) is 4.10. The molecule has 0 unspecified atom stereocenters. The summed E-state index contributed by atoms with van der Waals surface area (Å²) in [6.45, 7) is 3.90. The SMILES string of the molecule is COC(=O)c1cc(-c2cn(-c3ccc(C)cc3)nn2)cc(Br)c1C. The molecule has 24 heavy (non-hydrogen) atoms. The Balaban J connectivity index is 2.02. The number of carbonyl (C=O) groups excluding carboxylic acids is 1. The van der Waals surface area contributed by atoms with Crippen LogP contribution in [0.1, 0.15) is 21.5 Å². The molecule has 0 spiro atoms. The molecule has 5 nitrogen and oxygen atoms in total. The molecule has 1 aromatic heterocycles. The second-order valence-corrected chi connectivity index (χ2v) is 6.36. The number of hydrogen-bond donors (Lipinski definition) is 0. The highest BCUT2D eigenvalue weighted by Crippen LogP contribution is 2.28. The smallest absolute Gasteiger partial charge is 0.338 e. The van der Waals surface area contributed by atoms with Crippen LogP contribution in [-0.4, -0.2) is 28.1 Å². The maximum absolute atomic E-state index is 11.9. The van der Waals surface area contributed by atoms with Gasteiger partial charge in [0.2, 0.25) is 0 Å². The Hall–Kier alpha value is -2.47. The number of esters is 1. The van der Waals surface area contributed by atoms with Crippen LogP contribution in [0.5, 0.6) is 0 Å². The van der Waals surface area contributed by atoms with E-state index in [-0.39, 0.29) is 5.97 Å². The van der Waals surface area contributed by atoms with Gasteiger partial charge >= 0.3 is 5.97 Å². The maximum Gasteiger partial charge on any atom is 0.338 e. The second-order valence-electron chi connectivity index (χ2n) is 5.51. The van der Waals surface area contributed by atoms with Crippen molar-refractivity contribution in [2.75, 3.05) is 7.11 Å². The molecule has 0 amide bonds. The van der Waals surface area contributed by atoms with Crippen molar-refractivity contribution < 1.29 is 9.53 Å². The summed E-state index contributed by atoms with van der Waals surface area (Å²) in [5.74, 6) is -0.374. The number of carbonyl (C=O) groups is 1. The molecule has 0 aliphatic rings. The lowest BCUT2D eigenvalue weighted by Gasteiger charge is -2.08. The molecule has 0 radical (unpaired) electrons. The third-order valence-electron chi connectivity index (χ3n) is 3.84. The topological polar surface area (TPSA) is 57.0 Å². The summed E-state index contributed by atoms with van der Waals surface area (Å²) in [7, 11) is 1.37. The van der Waals surface area contributed by atoms with Crippen LogP contribution in [-0.2, 0) is 4.74 Å². The van der Waals surface area contributed by atoms with Crippen LogP contribution in [0.4, 0.5) is 0 Å². The number of benzene rings is 2. The Morgan fingerprint density at radius 1 is 1.17 bits per heavy atom. The van der Waals surface area contributed by atoms with Crippen LogP contribution in [0.3, 0.4) is 0 Å². The van der Waals surface area contributed by atoms with Gasteiger partial charge in [0.25, 0.3) is 0 Å². The van der Waals surface area contributed by atoms with Crippen molar-refractivity contribution in [3.05, 3.63) is 63.8 Å². The quantitative estimate of drug-likeness (QED) is 0.636. The molecule has 0 bridgehead atoms. The minimum atomic E-state index is -0.374. The molecular formula is C18H16BrN3O2. The van der Waals surface area contributed by atoms with E-state index in [0.717, 1.165) is 21.3 Å². The molecule has 0 atom stereocenters. The highest BCUT2D eigenvalue weighted by molar-refractivity contribution is 9.10. The van der Waals surface area contributed by atoms with E-state index >= 15 is 0 Å². The Morgan fingerprint density at radius 2 is 1.88 bits per heavy atom. The minimum absolute atomic E-state index is 0.374. The zero-order valence-corrected chi connectivity index (χ0v) is 15.2. The van der Waals surface area contributed by atoms with Crippen molar-refractivity contribution in [1.82, 2.24) is 15.0 Å². The van der Waals surface area contributed by atoms with Gasteiger partial charge in [-0.25, -0.2) is 9.48 Å². The van der Waals surface area contributed by atoms with E-state index < -0.39 is 0 Å². The van der Waals surface area contributed by atoms with E-state index in [2.05, 4.69) is 26.2 Å². The first kappa shape index (κ1) is 16.4. The molecule has 3 aromatic rings. The van der Waals surface area contributed by atoms with Gasteiger partial charge in [-0.2, -0.15) is 0 Å². The molecule has 0 saturated heterocycles. The summed E-state index contributed by atoms with van der Waals surface area (Å²) in [6.07, 6.45) is 1.84. The van der Waals surface area contributed by atoms with Crippen molar-refractivity contribution in [3.8, 4) is 16.9 Å². The van der Waals surface area contributed by atoms with E-state index in [1.165, 1.54) is 12.7 Å². The molecule has 1 heterocycles. The van der Waals surface area contributed by atoms with Crippen LogP contribution in [0.25, 0.3) is 16.9 Å². The van der Waals surface area contributed by atoms with Crippen molar-refractivity contribution >= 4 is 21.9 Å². The van der Waals surface area contributed by atoms with E-state index in [1.807, 2.05) is 50.4 Å². The summed E-state index contributed by atoms with van der Waals surface area (Å²) in [5, 5.41) is 8.40. The van der Waals surface area contributed by atoms with Gasteiger partial charge in [0.05, 0.1) is 24.6 Å². The van der Waals surface area contributed by atoms with Gasteiger partial charge in [0.1, 0.15) is 5.69 Å². The fourth-order valence-electron chi connectivity index (χ4n) is 2.37. The predicted molar refractivity (Wildman–Crippen MR) is 95.3 cm³/mol. The lowest BCUT2D eigenvalue weighted by atomic mass is 10.0. The largest absolute Gasteiger partial charge is 0.465 e. The van der Waals surface area contributed by atoms with Crippen molar-refractivity contribution in [2.24, 2.45) is 0 Å². The van der Waals surface area contributed by atoms with Crippen molar-refractivity contribution in [2.45, 2.75) is 13.8 Å². The zero-order chi connectivity index (χ0) is 17.3. The second kappa shape index (κ2) is 6.57. The van der Waals surface area contributed by atoms with Crippen LogP contribution in [0, 0.1) is 13.8 Å². The van der Waals surface area contributed by atoms with E-state index in [0.29, 0.717) is 11.3 Å². The van der Waals surface area contributed by atoms with Gasteiger partial charge in [-0.05, 0) is 43.7 Å². The minimum Gasteiger partial charge on any atom is -0.465 e. The van der Waals surface area contributed by atoms with Gasteiger partial charge in [0.15, 0.2) is 0 Å². The Kier molecular flexibility index (Phi) is 4.49. The molecule has 3 rings (SSSR count). The summed E-state index contributed by atoms with van der Waals surface area (Å²) in [5.41, 5.74) is 4.93. The Bertz CT molecular complexity index is 901. The first-order chi connectivity index (χ1) is 11.5. The highest BCUT2D eigenvalue weighted by Gasteiger charge is 2.15. The van der Waals surface area contributed by atoms with Gasteiger partial charge in [-0.1, -0.05) is 38.8 Å². The third-order valence-corrected chi connectivity index (χ3v) is 4.66. The van der Waals surface area contributed by atoms with E-state index in [4.69, 9.17) is 4.74 Å². The first-order valence-corrected chi connectivity index (χ1v) is 8.17. The van der Waals surface area contributed by atoms with E-state index in [9.17, 15) is 4.79 Å². The molecule has 0 aliphatic heterocycles. The lowest BCUT2D eigenvalue weighted by molar-refractivity contribution is 0.0600. The number of aryl methyl sites for hydroxylation is 1. The standard InChI is InChI=1S/C18H16BrN3O2/c1-11-4-6-14(7-5-11)22-10-17(20-21-22)13-8-15(18(23)24-3)12(2)16(19)9-13/h4-10H,1-3H3. The van der Waals surface area contributed by atoms with Gasteiger partial charge < -0.3 is 4.74 Å². The molecule has 0 saturated carbocycles. The van der Waals surface area contributed by atoms with Crippen LogP contribution >= 0.6 is 15.9 Å². The molecule has 0 N–H and O–H groups in total. The van der Waals surface area contributed by atoms with Gasteiger partial charge in [-0.3, -0.25) is 0 Å². The molecule has 0 aliphatic carbocycles. The molecule has 6 heteroatoms. The zero-order valence-electron chi connectivity index (χ0n) is 13.6. The first-order valence-electron chi connectivity index (χ1n) is 7.38. The maximum atomic E-state index is 11.9. The van der Waals surface area contributed by atoms with Gasteiger partial charge in [-0.15, -0.1) is 5.10 Å². The Labute approximate surface area is 148 Å². The Morgan fingerprint density at radius 3 is 2.54 bits per heavy atom. The molecule has 2 aromatic carbocycles. The fourth-order valence-corrected chi connectivity index (χ4v) is 2.83. The van der Waals surface area contributed by atoms with Gasteiger partial charge in [0, 0.05) is 10.0 Å². The number of aromatic nitrogens is 3. The monoisotopic (exact) mass is 385 g/mol. The number of halogens is 1. The average Bonchev–Trinajstić information content (AvgIpc) is 3.07. The fraction of sp³-hybridized carbons (Fsp3) is 0.167. The number of nitrogens with zero attached hydrogens (tertiary/aromatic N) is 3. The highest BCUT2D eigenvalue weighted by atomic mass is 79.9. The van der Waals surface area contributed by atoms with E-state index in [1.54, 1.807) is 10.7 Å². The normalized spacial score (nSPS) is 10.7. The lowest BCUT2D eigenvalue weighted by Crippen LogP contribution is -2.04. The number of hydrogen-bond acceptors (Lipinski definition) is 4. The van der Waals surface area contributed by atoms with Crippen LogP contribution in [0.2, 0.25) is 0 Å². The third kappa shape index (κ3) is 3.10. The number of rotatable bonds is 3. The number of methoxy groups -OCH3 is 1. The molecular weight excluding hydrogens is 370 g/mol. The van der Waals surface area contributed by atoms with Crippen molar-refractivity contribution in [3.63, 3.8) is 0 Å².